The molecule has 0 radical (unpaired) electrons. The second kappa shape index (κ2) is 5.67. The minimum Gasteiger partial charge on any atom is -1.00 e. The Labute approximate surface area is 126 Å². The van der Waals surface area contributed by atoms with Gasteiger partial charge in [0.1, 0.15) is 41.1 Å². The van der Waals surface area contributed by atoms with Gasteiger partial charge in [-0.25, -0.2) is 9.98 Å². The molecule has 86 valence electrons. The predicted molar refractivity (Wildman–Crippen MR) is 58.1 cm³/mol. The first-order valence-corrected chi connectivity index (χ1v) is 4.87. The number of hydrogen-bond donors (Lipinski definition) is 0. The minimum absolute atomic E-state index is 0. The van der Waals surface area contributed by atoms with Gasteiger partial charge < -0.3 is 1.43 Å². The van der Waals surface area contributed by atoms with Crippen LogP contribution in [0.4, 0.5) is 0 Å². The van der Waals surface area contributed by atoms with Gasteiger partial charge in [-0.2, -0.15) is 26.3 Å². The van der Waals surface area contributed by atoms with Gasteiger partial charge in [-0.05, 0) is 0 Å². The Morgan fingerprint density at radius 2 is 1.05 bits per heavy atom. The maximum absolute atomic E-state index is 9.08. The van der Waals surface area contributed by atoms with Crippen LogP contribution in [0.3, 0.4) is 0 Å². The Balaban J connectivity index is 0.00000200. The van der Waals surface area contributed by atoms with Crippen molar-refractivity contribution in [2.45, 2.75) is 6.17 Å². The van der Waals surface area contributed by atoms with Crippen molar-refractivity contribution in [1.82, 2.24) is 0 Å². The molecule has 0 saturated carbocycles. The van der Waals surface area contributed by atoms with Crippen LogP contribution in [0.25, 0.3) is 0 Å². The van der Waals surface area contributed by atoms with Crippen LogP contribution in [-0.4, -0.2) is 6.17 Å². The minimum atomic E-state index is -1.06. The normalized spacial score (nSPS) is 10.9. The molecule has 0 aliphatic carbocycles. The molecule has 1 aliphatic rings. The van der Waals surface area contributed by atoms with Crippen molar-refractivity contribution < 1.29 is 20.3 Å². The molecule has 1 aliphatic heterocycles. The van der Waals surface area contributed by atoms with Crippen molar-refractivity contribution in [3.05, 3.63) is 33.0 Å². The number of benzene rings is 1. The van der Waals surface area contributed by atoms with E-state index in [1.54, 1.807) is 30.3 Å². The van der Waals surface area contributed by atoms with Crippen molar-refractivity contribution in [3.63, 3.8) is 0 Å². The van der Waals surface area contributed by atoms with Crippen molar-refractivity contribution in [3.8, 4) is 30.3 Å². The second-order valence-electron chi connectivity index (χ2n) is 3.41. The molecule has 0 amide bonds. The maximum Gasteiger partial charge on any atom is 1.00 e. The van der Waals surface area contributed by atoms with Gasteiger partial charge in [-0.1, -0.05) is 0 Å². The topological polar surface area (TPSA) is 144 Å². The third kappa shape index (κ3) is 1.89. The van der Waals surface area contributed by atoms with Gasteiger partial charge in [0.25, 0.3) is 0 Å². The Morgan fingerprint density at radius 1 is 0.700 bits per heavy atom. The standard InChI is InChI=1S/C12HN7.Li.H/c13-1-6-7(2-14)9(4-16)12-11(8(6)3-15)18-10(5-17)19-12;;/h10H;;/q;+1;-1. The van der Waals surface area contributed by atoms with E-state index in [1.165, 1.54) is 0 Å². The molecule has 1 aromatic rings. The zero-order chi connectivity index (χ0) is 14.0. The Hall–Kier alpha value is -3.13. The summed E-state index contributed by atoms with van der Waals surface area (Å²) in [6.45, 7) is 0. The van der Waals surface area contributed by atoms with E-state index >= 15 is 0 Å². The van der Waals surface area contributed by atoms with Gasteiger partial charge in [0.05, 0.1) is 22.3 Å². The fourth-order valence-corrected chi connectivity index (χ4v) is 1.75. The number of hydrogen-bond acceptors (Lipinski definition) is 7. The van der Waals surface area contributed by atoms with Gasteiger partial charge in [-0.3, -0.25) is 0 Å². The van der Waals surface area contributed by atoms with E-state index in [2.05, 4.69) is 9.98 Å². The molecule has 1 heterocycles. The van der Waals surface area contributed by atoms with Crippen molar-refractivity contribution in [2.75, 3.05) is 0 Å². The molecular formula is C12H2LiN7. The van der Waals surface area contributed by atoms with Gasteiger partial charge in [0.15, 0.2) is 0 Å². The van der Waals surface area contributed by atoms with Crippen molar-refractivity contribution >= 4 is 0 Å². The average molecular weight is 251 g/mol. The molecule has 2 rings (SSSR count). The summed E-state index contributed by atoms with van der Waals surface area (Å²) in [6, 6.07) is 8.76. The van der Waals surface area contributed by atoms with Crippen molar-refractivity contribution in [2.24, 2.45) is 9.98 Å². The summed E-state index contributed by atoms with van der Waals surface area (Å²) >= 11 is 0. The van der Waals surface area contributed by atoms with Crippen LogP contribution in [0.15, 0.2) is 9.98 Å². The molecule has 8 heteroatoms. The molecule has 0 unspecified atom stereocenters. The van der Waals surface area contributed by atoms with E-state index in [0.29, 0.717) is 0 Å². The Bertz CT molecular complexity index is 860. The molecule has 0 saturated heterocycles. The molecule has 0 fully saturated rings. The summed E-state index contributed by atoms with van der Waals surface area (Å²) in [5.41, 5.74) is -0.681. The van der Waals surface area contributed by atoms with E-state index < -0.39 is 6.17 Å². The zero-order valence-corrected chi connectivity index (χ0v) is 10.2. The Morgan fingerprint density at radius 3 is 1.30 bits per heavy atom. The van der Waals surface area contributed by atoms with Gasteiger partial charge in [0.2, 0.25) is 6.17 Å². The van der Waals surface area contributed by atoms with Crippen LogP contribution >= 0.6 is 0 Å². The summed E-state index contributed by atoms with van der Waals surface area (Å²) < 4.78 is 0. The summed E-state index contributed by atoms with van der Waals surface area (Å²) in [4.78, 5) is 7.74. The number of nitrogens with zero attached hydrogens (tertiary/aromatic N) is 7. The third-order valence-corrected chi connectivity index (χ3v) is 2.51. The molecule has 0 spiro atoms. The SMILES string of the molecule is N#Cc1c(C#N)c(C#N)c2c(c1C#N)=NC(C#N)N=2.[H-].[Li+]. The van der Waals surface area contributed by atoms with Gasteiger partial charge >= 0.3 is 18.9 Å². The summed E-state index contributed by atoms with van der Waals surface area (Å²) in [7, 11) is 0. The molecule has 7 nitrogen and oxygen atoms in total. The van der Waals surface area contributed by atoms with Gasteiger partial charge in [0, 0.05) is 0 Å². The summed E-state index contributed by atoms with van der Waals surface area (Å²) in [5, 5.41) is 45.1. The Kier molecular flexibility index (Phi) is 4.23. The second-order valence-corrected chi connectivity index (χ2v) is 3.41. The van der Waals surface area contributed by atoms with Crippen molar-refractivity contribution in [1.29, 1.82) is 26.3 Å². The monoisotopic (exact) mass is 251 g/mol. The molecule has 0 bridgehead atoms. The first-order valence-electron chi connectivity index (χ1n) is 4.87. The summed E-state index contributed by atoms with van der Waals surface area (Å²) in [5.74, 6) is 0. The number of nitriles is 5. The van der Waals surface area contributed by atoms with Gasteiger partial charge in [-0.15, -0.1) is 0 Å². The summed E-state index contributed by atoms with van der Waals surface area (Å²) in [6.07, 6.45) is -1.06. The first kappa shape index (κ1) is 14.9. The smallest absolute Gasteiger partial charge is 1.00 e. The molecule has 0 N–H and O–H groups in total. The molecule has 0 aromatic heterocycles. The van der Waals surface area contributed by atoms with Crippen LogP contribution in [0, 0.1) is 56.7 Å². The molecular weight excluding hydrogens is 249 g/mol. The fourth-order valence-electron chi connectivity index (χ4n) is 1.75. The zero-order valence-electron chi connectivity index (χ0n) is 11.2. The van der Waals surface area contributed by atoms with Crippen LogP contribution in [0.1, 0.15) is 23.7 Å². The first-order chi connectivity index (χ1) is 9.21. The van der Waals surface area contributed by atoms with E-state index in [-0.39, 0.29) is 53.3 Å². The molecule has 1 aromatic carbocycles. The van der Waals surface area contributed by atoms with Crippen LogP contribution < -0.4 is 29.6 Å². The average Bonchev–Trinajstić information content (AvgIpc) is 2.87. The van der Waals surface area contributed by atoms with E-state index in [0.717, 1.165) is 0 Å². The number of rotatable bonds is 0. The van der Waals surface area contributed by atoms with E-state index in [1.807, 2.05) is 0 Å². The largest absolute Gasteiger partial charge is 1.00 e. The quantitative estimate of drug-likeness (QED) is 0.437. The fraction of sp³-hybridized carbons (Fsp3) is 0.0833. The molecule has 0 atom stereocenters. The van der Waals surface area contributed by atoms with Crippen LogP contribution in [0.5, 0.6) is 0 Å². The molecule has 20 heavy (non-hydrogen) atoms. The van der Waals surface area contributed by atoms with Crippen LogP contribution in [-0.2, 0) is 0 Å². The van der Waals surface area contributed by atoms with E-state index in [4.69, 9.17) is 26.3 Å². The van der Waals surface area contributed by atoms with Crippen LogP contribution in [0.2, 0.25) is 0 Å². The van der Waals surface area contributed by atoms with E-state index in [9.17, 15) is 0 Å². The maximum atomic E-state index is 9.08. The predicted octanol–water partition coefficient (Wildman–Crippen LogP) is -3.61. The third-order valence-electron chi connectivity index (χ3n) is 2.51. The number of fused-ring (bicyclic) bond motifs is 1.